The Morgan fingerprint density at radius 1 is 1.14 bits per heavy atom. The molecule has 1 saturated heterocycles. The van der Waals surface area contributed by atoms with Gasteiger partial charge in [0.05, 0.1) is 22.8 Å². The summed E-state index contributed by atoms with van der Waals surface area (Å²) in [7, 11) is 0. The van der Waals surface area contributed by atoms with Crippen LogP contribution < -0.4 is 9.64 Å². The van der Waals surface area contributed by atoms with Crippen molar-refractivity contribution in [1.29, 1.82) is 0 Å². The van der Waals surface area contributed by atoms with E-state index < -0.39 is 35.2 Å². The number of ether oxygens (including phenoxy) is 1. The van der Waals surface area contributed by atoms with Gasteiger partial charge in [-0.25, -0.2) is 0 Å². The van der Waals surface area contributed by atoms with Crippen molar-refractivity contribution in [1.82, 2.24) is 0 Å². The zero-order valence-electron chi connectivity index (χ0n) is 18.5. The van der Waals surface area contributed by atoms with Crippen LogP contribution in [0, 0.1) is 6.92 Å². The molecule has 5 nitrogen and oxygen atoms in total. The lowest BCUT2D eigenvalue weighted by Gasteiger charge is -2.25. The number of benzene rings is 2. The number of halogens is 4. The number of hydrogen-bond acceptors (Lipinski definition) is 5. The molecule has 1 fully saturated rings. The number of anilines is 1. The van der Waals surface area contributed by atoms with E-state index in [4.69, 9.17) is 16.3 Å². The lowest BCUT2D eigenvalue weighted by molar-refractivity contribution is -0.137. The lowest BCUT2D eigenvalue weighted by atomic mass is 9.98. The molecule has 1 aliphatic rings. The molecule has 2 heterocycles. The summed E-state index contributed by atoms with van der Waals surface area (Å²) < 4.78 is 44.7. The third-order valence-electron chi connectivity index (χ3n) is 5.57. The Bertz CT molecular complexity index is 1330. The summed E-state index contributed by atoms with van der Waals surface area (Å²) in [5, 5.41) is 13.2. The minimum Gasteiger partial charge on any atom is -0.507 e. The number of nitrogens with zero attached hydrogens (tertiary/aromatic N) is 1. The first-order valence-electron chi connectivity index (χ1n) is 10.5. The number of aliphatic hydroxyl groups is 1. The van der Waals surface area contributed by atoms with Crippen molar-refractivity contribution in [3.05, 3.63) is 86.1 Å². The standard InChI is InChI=1S/C25H19ClF3NO4S/c1-3-34-16-8-9-18(26)17(12-16)21(31)19-20(23-13(2)10-11-35-23)30(24(33)22(19)32)15-6-4-14(5-7-15)25(27,28)29/h4-12,20,31H,3H2,1-2H3/b21-19+. The van der Waals surface area contributed by atoms with Crippen molar-refractivity contribution < 1.29 is 32.6 Å². The number of thiophene rings is 1. The number of aryl methyl sites for hydroxylation is 1. The molecule has 2 aromatic carbocycles. The largest absolute Gasteiger partial charge is 0.507 e. The first kappa shape index (κ1) is 24.8. The molecule has 4 rings (SSSR count). The van der Waals surface area contributed by atoms with Crippen LogP contribution >= 0.6 is 22.9 Å². The van der Waals surface area contributed by atoms with E-state index in [2.05, 4.69) is 0 Å². The van der Waals surface area contributed by atoms with Gasteiger partial charge in [-0.05, 0) is 73.3 Å². The Hall–Kier alpha value is -3.30. The van der Waals surface area contributed by atoms with Crippen LogP contribution in [0.25, 0.3) is 5.76 Å². The van der Waals surface area contributed by atoms with Crippen LogP contribution in [0.15, 0.2) is 59.5 Å². The highest BCUT2D eigenvalue weighted by atomic mass is 35.5. The van der Waals surface area contributed by atoms with Gasteiger partial charge in [-0.15, -0.1) is 11.3 Å². The highest BCUT2D eigenvalue weighted by Crippen LogP contribution is 2.46. The summed E-state index contributed by atoms with van der Waals surface area (Å²) in [4.78, 5) is 28.1. The van der Waals surface area contributed by atoms with Crippen molar-refractivity contribution in [2.45, 2.75) is 26.1 Å². The molecule has 10 heteroatoms. The first-order valence-corrected chi connectivity index (χ1v) is 11.7. The number of ketones is 1. The maximum absolute atomic E-state index is 13.2. The molecule has 1 aromatic heterocycles. The van der Waals surface area contributed by atoms with Crippen LogP contribution in [-0.2, 0) is 15.8 Å². The predicted octanol–water partition coefficient (Wildman–Crippen LogP) is 6.75. The minimum atomic E-state index is -4.56. The number of amides is 1. The van der Waals surface area contributed by atoms with Gasteiger partial charge in [-0.2, -0.15) is 13.2 Å². The monoisotopic (exact) mass is 521 g/mol. The summed E-state index contributed by atoms with van der Waals surface area (Å²) in [5.41, 5.74) is -0.163. The third-order valence-corrected chi connectivity index (χ3v) is 6.97. The van der Waals surface area contributed by atoms with E-state index in [0.717, 1.165) is 34.7 Å². The van der Waals surface area contributed by atoms with Crippen LogP contribution in [0.3, 0.4) is 0 Å². The molecule has 182 valence electrons. The second-order valence-corrected chi connectivity index (χ2v) is 9.11. The Kier molecular flexibility index (Phi) is 6.66. The number of Topliss-reactive ketones (excluding diaryl/α,β-unsaturated/α-hetero) is 1. The van der Waals surface area contributed by atoms with E-state index in [0.29, 0.717) is 17.2 Å². The Labute approximate surface area is 208 Å². The normalized spacial score (nSPS) is 17.8. The average Bonchev–Trinajstić information content (AvgIpc) is 3.34. The molecule has 1 aliphatic heterocycles. The zero-order valence-corrected chi connectivity index (χ0v) is 20.1. The smallest absolute Gasteiger partial charge is 0.416 e. The van der Waals surface area contributed by atoms with Crippen molar-refractivity contribution >= 4 is 46.1 Å². The molecule has 0 radical (unpaired) electrons. The molecule has 1 atom stereocenters. The van der Waals surface area contributed by atoms with Crippen molar-refractivity contribution in [2.24, 2.45) is 0 Å². The first-order chi connectivity index (χ1) is 16.5. The third kappa shape index (κ3) is 4.53. The number of hydrogen-bond donors (Lipinski definition) is 1. The Balaban J connectivity index is 1.91. The molecule has 0 bridgehead atoms. The van der Waals surface area contributed by atoms with Gasteiger partial charge in [0.15, 0.2) is 0 Å². The molecule has 35 heavy (non-hydrogen) atoms. The van der Waals surface area contributed by atoms with E-state index >= 15 is 0 Å². The zero-order chi connectivity index (χ0) is 25.5. The molecule has 1 N–H and O–H groups in total. The van der Waals surface area contributed by atoms with E-state index in [9.17, 15) is 27.9 Å². The quantitative estimate of drug-likeness (QED) is 0.229. The molecule has 0 aliphatic carbocycles. The van der Waals surface area contributed by atoms with Crippen LogP contribution in [0.5, 0.6) is 5.75 Å². The van der Waals surface area contributed by atoms with Gasteiger partial charge in [0.2, 0.25) is 0 Å². The van der Waals surface area contributed by atoms with E-state index in [-0.39, 0.29) is 21.8 Å². The fourth-order valence-electron chi connectivity index (χ4n) is 3.91. The van der Waals surface area contributed by atoms with Gasteiger partial charge in [0.1, 0.15) is 17.6 Å². The van der Waals surface area contributed by atoms with Crippen molar-refractivity contribution in [3.8, 4) is 5.75 Å². The summed E-state index contributed by atoms with van der Waals surface area (Å²) >= 11 is 7.57. The molecule has 3 aromatic rings. The summed E-state index contributed by atoms with van der Waals surface area (Å²) in [5.74, 6) is -2.04. The molecule has 1 unspecified atom stereocenters. The summed E-state index contributed by atoms with van der Waals surface area (Å²) in [6.45, 7) is 3.92. The van der Waals surface area contributed by atoms with Gasteiger partial charge in [0.25, 0.3) is 11.7 Å². The molecular weight excluding hydrogens is 503 g/mol. The molecule has 1 amide bonds. The Morgan fingerprint density at radius 3 is 2.40 bits per heavy atom. The number of carbonyl (C=O) groups is 2. The van der Waals surface area contributed by atoms with E-state index in [1.165, 1.54) is 23.5 Å². The van der Waals surface area contributed by atoms with Gasteiger partial charge in [-0.3, -0.25) is 14.5 Å². The van der Waals surface area contributed by atoms with Crippen LogP contribution in [0.2, 0.25) is 5.02 Å². The average molecular weight is 522 g/mol. The van der Waals surface area contributed by atoms with E-state index in [1.54, 1.807) is 31.4 Å². The fourth-order valence-corrected chi connectivity index (χ4v) is 5.14. The highest BCUT2D eigenvalue weighted by Gasteiger charge is 2.48. The minimum absolute atomic E-state index is 0.0890. The summed E-state index contributed by atoms with van der Waals surface area (Å²) in [6.07, 6.45) is -4.56. The SMILES string of the molecule is CCOc1ccc(Cl)c(/C(O)=C2\C(=O)C(=O)N(c3ccc(C(F)(F)F)cc3)C2c2sccc2C)c1. The molecule has 0 saturated carbocycles. The van der Waals surface area contributed by atoms with E-state index in [1.807, 2.05) is 0 Å². The number of carbonyl (C=O) groups excluding carboxylic acids is 2. The number of aliphatic hydroxyl groups excluding tert-OH is 1. The highest BCUT2D eigenvalue weighted by molar-refractivity contribution is 7.10. The van der Waals surface area contributed by atoms with Gasteiger partial charge >= 0.3 is 6.18 Å². The van der Waals surface area contributed by atoms with Gasteiger partial charge in [-0.1, -0.05) is 11.6 Å². The second-order valence-electron chi connectivity index (χ2n) is 7.76. The fraction of sp³-hybridized carbons (Fsp3) is 0.200. The van der Waals surface area contributed by atoms with Crippen molar-refractivity contribution in [3.63, 3.8) is 0 Å². The lowest BCUT2D eigenvalue weighted by Crippen LogP contribution is -2.29. The maximum Gasteiger partial charge on any atom is 0.416 e. The van der Waals surface area contributed by atoms with Gasteiger partial charge < -0.3 is 9.84 Å². The van der Waals surface area contributed by atoms with Crippen LogP contribution in [0.1, 0.15) is 34.5 Å². The molecule has 0 spiro atoms. The number of rotatable bonds is 5. The topological polar surface area (TPSA) is 66.8 Å². The van der Waals surface area contributed by atoms with Gasteiger partial charge in [0, 0.05) is 16.1 Å². The Morgan fingerprint density at radius 2 is 1.83 bits per heavy atom. The maximum atomic E-state index is 13.2. The van der Waals surface area contributed by atoms with Crippen LogP contribution in [-0.4, -0.2) is 23.4 Å². The van der Waals surface area contributed by atoms with Crippen molar-refractivity contribution in [2.75, 3.05) is 11.5 Å². The number of alkyl halides is 3. The summed E-state index contributed by atoms with van der Waals surface area (Å²) in [6, 6.07) is 9.24. The van der Waals surface area contributed by atoms with Crippen LogP contribution in [0.4, 0.5) is 18.9 Å². The second kappa shape index (κ2) is 9.39. The molecular formula is C25H19ClF3NO4S. The predicted molar refractivity (Wildman–Crippen MR) is 128 cm³/mol.